The molecule has 0 saturated heterocycles. The summed E-state index contributed by atoms with van der Waals surface area (Å²) in [6, 6.07) is 7.88. The van der Waals surface area contributed by atoms with Crippen molar-refractivity contribution in [1.29, 1.82) is 0 Å². The molecule has 1 aromatic carbocycles. The van der Waals surface area contributed by atoms with Gasteiger partial charge in [-0.05, 0) is 31.4 Å². The highest BCUT2D eigenvalue weighted by atomic mass is 31.1. The molecule has 4 heteroatoms. The maximum Gasteiger partial charge on any atom is 0.229 e. The Bertz CT molecular complexity index is 593. The fourth-order valence-electron chi connectivity index (χ4n) is 2.56. The lowest BCUT2D eigenvalue weighted by molar-refractivity contribution is 0.0944. The fraction of sp³-hybridized carbons (Fsp3) is 0.467. The Morgan fingerprint density at radius 3 is 2.26 bits per heavy atom. The summed E-state index contributed by atoms with van der Waals surface area (Å²) < 4.78 is 1.81. The van der Waals surface area contributed by atoms with E-state index in [0.717, 1.165) is 16.6 Å². The van der Waals surface area contributed by atoms with Crippen molar-refractivity contribution in [2.24, 2.45) is 0 Å². The highest BCUT2D eigenvalue weighted by Gasteiger charge is 2.26. The van der Waals surface area contributed by atoms with Crippen LogP contribution in [0, 0.1) is 0 Å². The molecule has 0 spiro atoms. The van der Waals surface area contributed by atoms with Crippen LogP contribution in [0.5, 0.6) is 0 Å². The number of imidazole rings is 1. The number of carbonyl (C=O) groups is 1. The molecule has 0 aliphatic heterocycles. The third-order valence-corrected chi connectivity index (χ3v) is 6.19. The van der Waals surface area contributed by atoms with Gasteiger partial charge in [-0.3, -0.25) is 9.36 Å². The van der Waals surface area contributed by atoms with Crippen LogP contribution >= 0.6 is 7.92 Å². The largest absolute Gasteiger partial charge is 0.274 e. The molecular weight excluding hydrogens is 255 g/mol. The minimum atomic E-state index is -0.443. The number of para-hydroxylation sites is 2. The van der Waals surface area contributed by atoms with Crippen LogP contribution in [0.3, 0.4) is 0 Å². The van der Waals surface area contributed by atoms with Crippen LogP contribution in [0.2, 0.25) is 0 Å². The summed E-state index contributed by atoms with van der Waals surface area (Å²) in [4.78, 5) is 16.8. The van der Waals surface area contributed by atoms with E-state index in [1.165, 1.54) is 0 Å². The van der Waals surface area contributed by atoms with Crippen molar-refractivity contribution in [3.8, 4) is 0 Å². The summed E-state index contributed by atoms with van der Waals surface area (Å²) in [6.07, 6.45) is 0. The lowest BCUT2D eigenvalue weighted by Crippen LogP contribution is -2.27. The van der Waals surface area contributed by atoms with Crippen molar-refractivity contribution in [3.05, 3.63) is 24.3 Å². The number of aromatic nitrogens is 2. The molecule has 0 aliphatic rings. The molecule has 0 N–H and O–H groups in total. The first-order chi connectivity index (χ1) is 8.93. The minimum Gasteiger partial charge on any atom is -0.274 e. The third kappa shape index (κ3) is 2.57. The number of rotatable bonds is 3. The van der Waals surface area contributed by atoms with E-state index in [1.807, 2.05) is 24.3 Å². The molecule has 0 atom stereocenters. The SMILES string of the molecule is CC(=O)n1c(P(C(C)C)C(C)C)nc2ccccc21. The van der Waals surface area contributed by atoms with Gasteiger partial charge in [-0.25, -0.2) is 4.98 Å². The lowest BCUT2D eigenvalue weighted by Gasteiger charge is -2.25. The van der Waals surface area contributed by atoms with Crippen LogP contribution in [0.15, 0.2) is 24.3 Å². The predicted octanol–water partition coefficient (Wildman–Crippen LogP) is 3.62. The van der Waals surface area contributed by atoms with Gasteiger partial charge < -0.3 is 0 Å². The Kier molecular flexibility index (Phi) is 4.05. The second kappa shape index (κ2) is 5.42. The fourth-order valence-corrected chi connectivity index (χ4v) is 5.37. The summed E-state index contributed by atoms with van der Waals surface area (Å²) in [6.45, 7) is 10.5. The molecule has 1 aromatic heterocycles. The van der Waals surface area contributed by atoms with Crippen LogP contribution in [-0.2, 0) is 0 Å². The monoisotopic (exact) mass is 276 g/mol. The molecule has 0 amide bonds. The van der Waals surface area contributed by atoms with E-state index in [0.29, 0.717) is 11.3 Å². The molecule has 0 bridgehead atoms. The summed E-state index contributed by atoms with van der Waals surface area (Å²) in [5.74, 6) is 0.0532. The molecule has 102 valence electrons. The Balaban J connectivity index is 2.71. The molecule has 2 aromatic rings. The Labute approximate surface area is 115 Å². The highest BCUT2D eigenvalue weighted by Crippen LogP contribution is 2.44. The van der Waals surface area contributed by atoms with Gasteiger partial charge in [0, 0.05) is 6.92 Å². The maximum absolute atomic E-state index is 12.0. The van der Waals surface area contributed by atoms with Crippen molar-refractivity contribution in [2.75, 3.05) is 0 Å². The van der Waals surface area contributed by atoms with Gasteiger partial charge in [0.15, 0.2) is 0 Å². The van der Waals surface area contributed by atoms with Gasteiger partial charge in [-0.2, -0.15) is 0 Å². The minimum absolute atomic E-state index is 0.0532. The van der Waals surface area contributed by atoms with Gasteiger partial charge >= 0.3 is 0 Å². The van der Waals surface area contributed by atoms with Crippen LogP contribution in [0.25, 0.3) is 11.0 Å². The number of hydrogen-bond acceptors (Lipinski definition) is 2. The Morgan fingerprint density at radius 1 is 1.16 bits per heavy atom. The molecule has 0 saturated carbocycles. The number of hydrogen-bond donors (Lipinski definition) is 0. The molecule has 0 aliphatic carbocycles. The third-order valence-electron chi connectivity index (χ3n) is 3.20. The van der Waals surface area contributed by atoms with Crippen molar-refractivity contribution < 1.29 is 4.79 Å². The summed E-state index contributed by atoms with van der Waals surface area (Å²) in [5, 5.41) is 0. The average Bonchev–Trinajstić information content (AvgIpc) is 2.66. The van der Waals surface area contributed by atoms with Crippen LogP contribution in [0.1, 0.15) is 39.4 Å². The molecule has 2 rings (SSSR count). The second-order valence-corrected chi connectivity index (χ2v) is 8.63. The van der Waals surface area contributed by atoms with Gasteiger partial charge in [0.2, 0.25) is 5.91 Å². The smallest absolute Gasteiger partial charge is 0.229 e. The summed E-state index contributed by atoms with van der Waals surface area (Å²) in [5.41, 5.74) is 3.85. The topological polar surface area (TPSA) is 34.9 Å². The molecule has 0 unspecified atom stereocenters. The molecule has 19 heavy (non-hydrogen) atoms. The first-order valence-corrected chi connectivity index (χ1v) is 8.18. The number of carbonyl (C=O) groups excluding carboxylic acids is 1. The normalized spacial score (nSPS) is 12.0. The van der Waals surface area contributed by atoms with Crippen LogP contribution in [0.4, 0.5) is 0 Å². The van der Waals surface area contributed by atoms with E-state index < -0.39 is 7.92 Å². The number of benzene rings is 1. The zero-order chi connectivity index (χ0) is 14.2. The van der Waals surface area contributed by atoms with E-state index in [1.54, 1.807) is 11.5 Å². The van der Waals surface area contributed by atoms with Crippen molar-refractivity contribution in [3.63, 3.8) is 0 Å². The standard InChI is InChI=1S/C15H21N2OP/c1-10(2)19(11(3)4)15-16-13-8-6-7-9-14(13)17(15)12(5)18/h6-11H,1-5H3. The zero-order valence-electron chi connectivity index (χ0n) is 12.2. The van der Waals surface area contributed by atoms with Gasteiger partial charge in [0.1, 0.15) is 5.57 Å². The average molecular weight is 276 g/mol. The second-order valence-electron chi connectivity index (χ2n) is 5.35. The molecule has 0 fully saturated rings. The molecular formula is C15H21N2OP. The lowest BCUT2D eigenvalue weighted by atomic mass is 10.3. The first-order valence-electron chi connectivity index (χ1n) is 6.70. The predicted molar refractivity (Wildman–Crippen MR) is 82.9 cm³/mol. The summed E-state index contributed by atoms with van der Waals surface area (Å²) in [7, 11) is -0.443. The maximum atomic E-state index is 12.0. The van der Waals surface area contributed by atoms with Gasteiger partial charge in [0.05, 0.1) is 11.0 Å². The molecule has 0 radical (unpaired) electrons. The van der Waals surface area contributed by atoms with Crippen molar-refractivity contribution in [1.82, 2.24) is 9.55 Å². The molecule has 1 heterocycles. The van der Waals surface area contributed by atoms with E-state index in [-0.39, 0.29) is 5.91 Å². The highest BCUT2D eigenvalue weighted by molar-refractivity contribution is 7.66. The van der Waals surface area contributed by atoms with E-state index in [2.05, 4.69) is 27.7 Å². The van der Waals surface area contributed by atoms with Gasteiger partial charge in [-0.1, -0.05) is 39.8 Å². The molecule has 3 nitrogen and oxygen atoms in total. The van der Waals surface area contributed by atoms with Crippen LogP contribution < -0.4 is 5.57 Å². The van der Waals surface area contributed by atoms with Gasteiger partial charge in [-0.15, -0.1) is 0 Å². The number of fused-ring (bicyclic) bond motifs is 1. The van der Waals surface area contributed by atoms with E-state index in [9.17, 15) is 4.79 Å². The Hall–Kier alpha value is -1.21. The van der Waals surface area contributed by atoms with Crippen molar-refractivity contribution in [2.45, 2.75) is 45.9 Å². The van der Waals surface area contributed by atoms with E-state index in [4.69, 9.17) is 4.98 Å². The van der Waals surface area contributed by atoms with Gasteiger partial charge in [0.25, 0.3) is 0 Å². The number of nitrogens with zero attached hydrogens (tertiary/aromatic N) is 2. The Morgan fingerprint density at radius 2 is 1.74 bits per heavy atom. The van der Waals surface area contributed by atoms with Crippen molar-refractivity contribution >= 4 is 30.4 Å². The summed E-state index contributed by atoms with van der Waals surface area (Å²) >= 11 is 0. The van der Waals surface area contributed by atoms with Crippen LogP contribution in [-0.4, -0.2) is 26.8 Å². The quantitative estimate of drug-likeness (QED) is 0.802. The zero-order valence-corrected chi connectivity index (χ0v) is 13.1. The first kappa shape index (κ1) is 14.2. The van der Waals surface area contributed by atoms with E-state index >= 15 is 0 Å².